The fourth-order valence-corrected chi connectivity index (χ4v) is 2.22. The monoisotopic (exact) mass is 262 g/mol. The van der Waals surface area contributed by atoms with E-state index in [1.54, 1.807) is 0 Å². The molecule has 2 rings (SSSR count). The van der Waals surface area contributed by atoms with Gasteiger partial charge in [-0.15, -0.1) is 0 Å². The van der Waals surface area contributed by atoms with E-state index in [2.05, 4.69) is 21.6 Å². The number of nitrogens with zero attached hydrogens (tertiary/aromatic N) is 2. The standard InChI is InChI=1S/C12H20N2.2ClH/c1-2-8-13(7-1)11-5-6-12-14-9-3-4-10-14;;/h1-4,7-12H2;2*1H/p-2. The molecule has 16 heavy (non-hydrogen) atoms. The summed E-state index contributed by atoms with van der Waals surface area (Å²) in [6.45, 7) is 7.04. The molecule has 0 saturated carbocycles. The molecule has 0 atom stereocenters. The summed E-state index contributed by atoms with van der Waals surface area (Å²) in [5.74, 6) is 6.58. The Hall–Kier alpha value is 0.0600. The molecule has 2 fully saturated rings. The molecule has 0 spiro atoms. The Labute approximate surface area is 112 Å². The number of halogens is 2. The van der Waals surface area contributed by atoms with Gasteiger partial charge in [0.1, 0.15) is 0 Å². The fourth-order valence-electron chi connectivity index (χ4n) is 2.22. The molecule has 0 aromatic carbocycles. The molecule has 0 N–H and O–H groups in total. The quantitative estimate of drug-likeness (QED) is 0.461. The van der Waals surface area contributed by atoms with Crippen molar-refractivity contribution in [2.45, 2.75) is 25.7 Å². The van der Waals surface area contributed by atoms with Crippen LogP contribution in [0.5, 0.6) is 0 Å². The summed E-state index contributed by atoms with van der Waals surface area (Å²) < 4.78 is 0. The van der Waals surface area contributed by atoms with Gasteiger partial charge in [0, 0.05) is 0 Å². The van der Waals surface area contributed by atoms with Crippen LogP contribution < -0.4 is 24.8 Å². The Balaban J connectivity index is 0.00000112. The van der Waals surface area contributed by atoms with Crippen LogP contribution in [-0.2, 0) is 0 Å². The van der Waals surface area contributed by atoms with Gasteiger partial charge in [0.25, 0.3) is 0 Å². The summed E-state index contributed by atoms with van der Waals surface area (Å²) in [6, 6.07) is 0. The molecule has 2 aliphatic rings. The van der Waals surface area contributed by atoms with E-state index >= 15 is 0 Å². The van der Waals surface area contributed by atoms with Crippen molar-refractivity contribution in [1.82, 2.24) is 9.80 Å². The summed E-state index contributed by atoms with van der Waals surface area (Å²) in [4.78, 5) is 4.91. The van der Waals surface area contributed by atoms with E-state index in [1.807, 2.05) is 0 Å². The number of hydrogen-bond donors (Lipinski definition) is 0. The van der Waals surface area contributed by atoms with E-state index in [0.29, 0.717) is 0 Å². The van der Waals surface area contributed by atoms with Gasteiger partial charge in [-0.1, -0.05) is 11.8 Å². The van der Waals surface area contributed by atoms with Gasteiger partial charge >= 0.3 is 0 Å². The van der Waals surface area contributed by atoms with Gasteiger partial charge in [0.15, 0.2) is 0 Å². The lowest BCUT2D eigenvalue weighted by atomic mass is 10.4. The first-order valence-electron chi connectivity index (χ1n) is 5.85. The van der Waals surface area contributed by atoms with Gasteiger partial charge in [-0.25, -0.2) is 0 Å². The van der Waals surface area contributed by atoms with E-state index < -0.39 is 0 Å². The zero-order chi connectivity index (χ0) is 9.64. The van der Waals surface area contributed by atoms with Crippen molar-refractivity contribution >= 4 is 0 Å². The summed E-state index contributed by atoms with van der Waals surface area (Å²) in [5.41, 5.74) is 0. The van der Waals surface area contributed by atoms with Crippen LogP contribution in [0, 0.1) is 11.8 Å². The van der Waals surface area contributed by atoms with Crippen LogP contribution in [0.1, 0.15) is 25.7 Å². The maximum absolute atomic E-state index is 3.29. The normalized spacial score (nSPS) is 20.8. The van der Waals surface area contributed by atoms with Crippen molar-refractivity contribution in [3.8, 4) is 11.8 Å². The summed E-state index contributed by atoms with van der Waals surface area (Å²) in [6.07, 6.45) is 5.48. The second-order valence-corrected chi connectivity index (χ2v) is 4.32. The number of rotatable bonds is 2. The molecule has 94 valence electrons. The minimum atomic E-state index is 0. The zero-order valence-electron chi connectivity index (χ0n) is 9.72. The molecule has 0 bridgehead atoms. The second kappa shape index (κ2) is 9.13. The maximum atomic E-state index is 3.29. The van der Waals surface area contributed by atoms with E-state index in [-0.39, 0.29) is 24.8 Å². The fraction of sp³-hybridized carbons (Fsp3) is 0.833. The van der Waals surface area contributed by atoms with Crippen LogP contribution in [0.25, 0.3) is 0 Å². The molecule has 0 aromatic rings. The highest BCUT2D eigenvalue weighted by molar-refractivity contribution is 5.04. The molecule has 0 amide bonds. The van der Waals surface area contributed by atoms with Gasteiger partial charge in [-0.05, 0) is 51.9 Å². The third-order valence-electron chi connectivity index (χ3n) is 3.13. The van der Waals surface area contributed by atoms with Crippen LogP contribution in [0.2, 0.25) is 0 Å². The molecular formula is C12H20Cl2N2-2. The number of hydrogen-bond acceptors (Lipinski definition) is 2. The molecule has 2 nitrogen and oxygen atoms in total. The molecule has 2 aliphatic heterocycles. The van der Waals surface area contributed by atoms with Crippen LogP contribution >= 0.6 is 0 Å². The van der Waals surface area contributed by atoms with Gasteiger partial charge < -0.3 is 24.8 Å². The van der Waals surface area contributed by atoms with Crippen molar-refractivity contribution in [2.24, 2.45) is 0 Å². The molecule has 0 aliphatic carbocycles. The lowest BCUT2D eigenvalue weighted by molar-refractivity contribution is -0.00100. The Morgan fingerprint density at radius 3 is 1.25 bits per heavy atom. The first kappa shape index (κ1) is 16.1. The Bertz CT molecular complexity index is 201. The van der Waals surface area contributed by atoms with Gasteiger partial charge in [-0.2, -0.15) is 0 Å². The van der Waals surface area contributed by atoms with Crippen LogP contribution in [0.4, 0.5) is 0 Å². The molecule has 2 heterocycles. The molecule has 0 radical (unpaired) electrons. The van der Waals surface area contributed by atoms with Crippen LogP contribution in [0.3, 0.4) is 0 Å². The van der Waals surface area contributed by atoms with E-state index in [9.17, 15) is 0 Å². The van der Waals surface area contributed by atoms with Crippen molar-refractivity contribution in [3.63, 3.8) is 0 Å². The molecule has 0 aromatic heterocycles. The summed E-state index contributed by atoms with van der Waals surface area (Å²) in [5, 5.41) is 0. The minimum absolute atomic E-state index is 0. The van der Waals surface area contributed by atoms with Crippen LogP contribution in [-0.4, -0.2) is 49.1 Å². The molecule has 4 heteroatoms. The van der Waals surface area contributed by atoms with Crippen LogP contribution in [0.15, 0.2) is 0 Å². The topological polar surface area (TPSA) is 6.48 Å². The highest BCUT2D eigenvalue weighted by Gasteiger charge is 2.10. The predicted octanol–water partition coefficient (Wildman–Crippen LogP) is -4.81. The highest BCUT2D eigenvalue weighted by atomic mass is 35.5. The predicted molar refractivity (Wildman–Crippen MR) is 59.1 cm³/mol. The van der Waals surface area contributed by atoms with Crippen molar-refractivity contribution < 1.29 is 24.8 Å². The lowest BCUT2D eigenvalue weighted by Crippen LogP contribution is -3.00. The van der Waals surface area contributed by atoms with Gasteiger partial charge in [-0.3, -0.25) is 9.80 Å². The summed E-state index contributed by atoms with van der Waals surface area (Å²) in [7, 11) is 0. The minimum Gasteiger partial charge on any atom is -1.00 e. The van der Waals surface area contributed by atoms with Crippen molar-refractivity contribution in [2.75, 3.05) is 39.3 Å². The molecule has 2 saturated heterocycles. The van der Waals surface area contributed by atoms with Gasteiger partial charge in [0.05, 0.1) is 13.1 Å². The largest absolute Gasteiger partial charge is 1.00 e. The van der Waals surface area contributed by atoms with Crippen molar-refractivity contribution in [3.05, 3.63) is 0 Å². The first-order valence-corrected chi connectivity index (χ1v) is 5.85. The third kappa shape index (κ3) is 5.41. The maximum Gasteiger partial charge on any atom is 0.0602 e. The van der Waals surface area contributed by atoms with E-state index in [0.717, 1.165) is 13.1 Å². The first-order chi connectivity index (χ1) is 6.95. The van der Waals surface area contributed by atoms with E-state index in [1.165, 1.54) is 51.9 Å². The van der Waals surface area contributed by atoms with Gasteiger partial charge in [0.2, 0.25) is 0 Å². The highest BCUT2D eigenvalue weighted by Crippen LogP contribution is 2.06. The second-order valence-electron chi connectivity index (χ2n) is 4.32. The van der Waals surface area contributed by atoms with Crippen molar-refractivity contribution in [1.29, 1.82) is 0 Å². The Morgan fingerprint density at radius 1 is 0.625 bits per heavy atom. The lowest BCUT2D eigenvalue weighted by Gasteiger charge is -2.10. The smallest absolute Gasteiger partial charge is 0.0602 e. The summed E-state index contributed by atoms with van der Waals surface area (Å²) >= 11 is 0. The Morgan fingerprint density at radius 2 is 0.938 bits per heavy atom. The number of likely N-dealkylation sites (tertiary alicyclic amines) is 2. The SMILES string of the molecule is C(#CCN1CCCC1)CN1CCCC1.[Cl-].[Cl-]. The average Bonchev–Trinajstić information content (AvgIpc) is 2.86. The molecule has 0 unspecified atom stereocenters. The molecular weight excluding hydrogens is 243 g/mol. The average molecular weight is 263 g/mol. The Kier molecular flexibility index (Phi) is 9.16. The van der Waals surface area contributed by atoms with E-state index in [4.69, 9.17) is 0 Å². The third-order valence-corrected chi connectivity index (χ3v) is 3.13. The zero-order valence-corrected chi connectivity index (χ0v) is 11.2.